The number of anilines is 1. The first-order valence-electron chi connectivity index (χ1n) is 8.92. The lowest BCUT2D eigenvalue weighted by atomic mass is 10.1. The van der Waals surface area contributed by atoms with Gasteiger partial charge in [0.2, 0.25) is 0 Å². The number of aryl methyl sites for hydroxylation is 1. The average molecular weight is 338 g/mol. The van der Waals surface area contributed by atoms with Crippen molar-refractivity contribution in [2.75, 3.05) is 31.5 Å². The van der Waals surface area contributed by atoms with E-state index in [-0.39, 0.29) is 6.03 Å². The van der Waals surface area contributed by atoms with Crippen LogP contribution in [0.25, 0.3) is 0 Å². The molecule has 0 saturated carbocycles. The van der Waals surface area contributed by atoms with Gasteiger partial charge in [0.15, 0.2) is 0 Å². The summed E-state index contributed by atoms with van der Waals surface area (Å²) in [6, 6.07) is 12.3. The second-order valence-corrected chi connectivity index (χ2v) is 6.72. The molecule has 2 amide bonds. The van der Waals surface area contributed by atoms with E-state index in [4.69, 9.17) is 0 Å². The summed E-state index contributed by atoms with van der Waals surface area (Å²) in [6.45, 7) is 5.91. The highest BCUT2D eigenvalue weighted by Crippen LogP contribution is 2.16. The Morgan fingerprint density at radius 3 is 2.92 bits per heavy atom. The van der Waals surface area contributed by atoms with Crippen LogP contribution in [-0.2, 0) is 6.42 Å². The molecule has 1 aromatic carbocycles. The molecule has 2 heterocycles. The van der Waals surface area contributed by atoms with Crippen molar-refractivity contribution in [2.24, 2.45) is 5.92 Å². The fraction of sp³-hybridized carbons (Fsp3) is 0.400. The van der Waals surface area contributed by atoms with Crippen molar-refractivity contribution in [1.82, 2.24) is 15.2 Å². The molecule has 25 heavy (non-hydrogen) atoms. The number of nitrogens with zero attached hydrogens (tertiary/aromatic N) is 2. The van der Waals surface area contributed by atoms with Gasteiger partial charge in [0.05, 0.1) is 0 Å². The zero-order chi connectivity index (χ0) is 17.5. The van der Waals surface area contributed by atoms with Gasteiger partial charge >= 0.3 is 6.03 Å². The predicted octanol–water partition coefficient (Wildman–Crippen LogP) is 3.08. The summed E-state index contributed by atoms with van der Waals surface area (Å²) in [4.78, 5) is 18.6. The maximum Gasteiger partial charge on any atom is 0.319 e. The minimum absolute atomic E-state index is 0.142. The third kappa shape index (κ3) is 5.29. The van der Waals surface area contributed by atoms with Crippen LogP contribution < -0.4 is 10.6 Å². The number of pyridine rings is 1. The normalized spacial score (nSPS) is 17.4. The molecule has 132 valence electrons. The Hall–Kier alpha value is -2.40. The summed E-state index contributed by atoms with van der Waals surface area (Å²) >= 11 is 0. The van der Waals surface area contributed by atoms with Crippen molar-refractivity contribution in [3.8, 4) is 0 Å². The van der Waals surface area contributed by atoms with E-state index < -0.39 is 0 Å². The lowest BCUT2D eigenvalue weighted by Gasteiger charge is -2.16. The van der Waals surface area contributed by atoms with Gasteiger partial charge in [-0.2, -0.15) is 0 Å². The number of aromatic nitrogens is 1. The molecule has 1 aromatic heterocycles. The minimum Gasteiger partial charge on any atom is -0.338 e. The lowest BCUT2D eigenvalue weighted by molar-refractivity contribution is 0.249. The molecule has 1 aliphatic rings. The molecule has 5 heteroatoms. The summed E-state index contributed by atoms with van der Waals surface area (Å²) in [5.41, 5.74) is 3.16. The predicted molar refractivity (Wildman–Crippen MR) is 101 cm³/mol. The Bertz CT molecular complexity index is 689. The summed E-state index contributed by atoms with van der Waals surface area (Å²) in [5.74, 6) is 0.528. The topological polar surface area (TPSA) is 57.3 Å². The van der Waals surface area contributed by atoms with Crippen molar-refractivity contribution in [1.29, 1.82) is 0 Å². The molecular formula is C20H26N4O. The van der Waals surface area contributed by atoms with Crippen LogP contribution in [0.1, 0.15) is 17.5 Å². The van der Waals surface area contributed by atoms with E-state index in [0.717, 1.165) is 50.3 Å². The number of likely N-dealkylation sites (tertiary alicyclic amines) is 1. The van der Waals surface area contributed by atoms with Crippen molar-refractivity contribution in [3.05, 3.63) is 59.9 Å². The summed E-state index contributed by atoms with van der Waals surface area (Å²) in [7, 11) is 0. The Kier molecular flexibility index (Phi) is 6.01. The van der Waals surface area contributed by atoms with E-state index in [2.05, 4.69) is 50.8 Å². The largest absolute Gasteiger partial charge is 0.338 e. The lowest BCUT2D eigenvalue weighted by Crippen LogP contribution is -2.34. The zero-order valence-electron chi connectivity index (χ0n) is 14.7. The van der Waals surface area contributed by atoms with Gasteiger partial charge in [-0.05, 0) is 49.4 Å². The number of carbonyl (C=O) groups is 1. The standard InChI is InChI=1S/C20H26N4O/c1-16-13-21-10-7-19(16)23-20(25)22-14-18-9-12-24(15-18)11-8-17-5-3-2-4-6-17/h2-7,10,13,18H,8-9,11-12,14-15H2,1H3,(H2,21,22,23,25)/t18-/m0/s1. The van der Waals surface area contributed by atoms with Crippen LogP contribution in [-0.4, -0.2) is 42.1 Å². The van der Waals surface area contributed by atoms with Gasteiger partial charge in [0.1, 0.15) is 0 Å². The first-order valence-corrected chi connectivity index (χ1v) is 8.92. The monoisotopic (exact) mass is 338 g/mol. The Labute approximate surface area is 149 Å². The van der Waals surface area contributed by atoms with Crippen LogP contribution in [0.2, 0.25) is 0 Å². The molecule has 0 radical (unpaired) electrons. The van der Waals surface area contributed by atoms with E-state index in [1.165, 1.54) is 5.56 Å². The molecule has 0 unspecified atom stereocenters. The Morgan fingerprint density at radius 1 is 1.28 bits per heavy atom. The highest BCUT2D eigenvalue weighted by atomic mass is 16.2. The van der Waals surface area contributed by atoms with E-state index in [9.17, 15) is 4.79 Å². The van der Waals surface area contributed by atoms with Crippen molar-refractivity contribution in [3.63, 3.8) is 0 Å². The quantitative estimate of drug-likeness (QED) is 0.851. The fourth-order valence-corrected chi connectivity index (χ4v) is 3.23. The molecule has 5 nitrogen and oxygen atoms in total. The molecule has 1 fully saturated rings. The summed E-state index contributed by atoms with van der Waals surface area (Å²) in [5, 5.41) is 5.89. The number of urea groups is 1. The fourth-order valence-electron chi connectivity index (χ4n) is 3.23. The minimum atomic E-state index is -0.142. The van der Waals surface area contributed by atoms with Gasteiger partial charge in [-0.1, -0.05) is 30.3 Å². The molecule has 2 aromatic rings. The Morgan fingerprint density at radius 2 is 2.12 bits per heavy atom. The summed E-state index contributed by atoms with van der Waals surface area (Å²) in [6.07, 6.45) is 5.66. The molecule has 0 aliphatic carbocycles. The van der Waals surface area contributed by atoms with Crippen LogP contribution in [0.3, 0.4) is 0 Å². The average Bonchev–Trinajstić information content (AvgIpc) is 3.09. The highest BCUT2D eigenvalue weighted by molar-refractivity contribution is 5.89. The molecule has 1 atom stereocenters. The molecule has 0 bridgehead atoms. The smallest absolute Gasteiger partial charge is 0.319 e. The number of nitrogens with one attached hydrogen (secondary N) is 2. The maximum atomic E-state index is 12.1. The van der Waals surface area contributed by atoms with Gasteiger partial charge in [-0.25, -0.2) is 4.79 Å². The van der Waals surface area contributed by atoms with E-state index in [1.807, 2.05) is 13.0 Å². The number of hydrogen-bond acceptors (Lipinski definition) is 3. The first kappa shape index (κ1) is 17.4. The molecule has 0 spiro atoms. The molecule has 1 saturated heterocycles. The molecule has 3 rings (SSSR count). The summed E-state index contributed by atoms with van der Waals surface area (Å²) < 4.78 is 0. The Balaban J connectivity index is 1.37. The number of carbonyl (C=O) groups excluding carboxylic acids is 1. The van der Waals surface area contributed by atoms with Gasteiger partial charge < -0.3 is 15.5 Å². The van der Waals surface area contributed by atoms with Gasteiger partial charge in [-0.3, -0.25) is 4.98 Å². The van der Waals surface area contributed by atoms with Crippen LogP contribution in [0.15, 0.2) is 48.8 Å². The van der Waals surface area contributed by atoms with Crippen molar-refractivity contribution in [2.45, 2.75) is 19.8 Å². The van der Waals surface area contributed by atoms with Gasteiger partial charge in [0.25, 0.3) is 0 Å². The second kappa shape index (κ2) is 8.62. The second-order valence-electron chi connectivity index (χ2n) is 6.72. The first-order chi connectivity index (χ1) is 12.2. The third-order valence-corrected chi connectivity index (χ3v) is 4.75. The van der Waals surface area contributed by atoms with Crippen LogP contribution in [0, 0.1) is 12.8 Å². The molecule has 2 N–H and O–H groups in total. The van der Waals surface area contributed by atoms with E-state index in [0.29, 0.717) is 5.92 Å². The number of benzene rings is 1. The third-order valence-electron chi connectivity index (χ3n) is 4.75. The van der Waals surface area contributed by atoms with Gasteiger partial charge in [-0.15, -0.1) is 0 Å². The van der Waals surface area contributed by atoms with E-state index in [1.54, 1.807) is 12.4 Å². The number of rotatable bonds is 6. The maximum absolute atomic E-state index is 12.1. The SMILES string of the molecule is Cc1cnccc1NC(=O)NC[C@@H]1CCN(CCc2ccccc2)C1. The molecular weight excluding hydrogens is 312 g/mol. The van der Waals surface area contributed by atoms with Crippen molar-refractivity contribution < 1.29 is 4.79 Å². The number of amides is 2. The van der Waals surface area contributed by atoms with E-state index >= 15 is 0 Å². The van der Waals surface area contributed by atoms with Crippen LogP contribution in [0.5, 0.6) is 0 Å². The van der Waals surface area contributed by atoms with Crippen LogP contribution >= 0.6 is 0 Å². The van der Waals surface area contributed by atoms with Crippen molar-refractivity contribution >= 4 is 11.7 Å². The van der Waals surface area contributed by atoms with Gasteiger partial charge in [0, 0.05) is 37.7 Å². The van der Waals surface area contributed by atoms with Crippen LogP contribution in [0.4, 0.5) is 10.5 Å². The number of hydrogen-bond donors (Lipinski definition) is 2. The molecule has 1 aliphatic heterocycles. The highest BCUT2D eigenvalue weighted by Gasteiger charge is 2.22. The zero-order valence-corrected chi connectivity index (χ0v) is 14.7.